The lowest BCUT2D eigenvalue weighted by atomic mass is 10.1. The minimum atomic E-state index is -0.407. The molecule has 8 nitrogen and oxygen atoms in total. The van der Waals surface area contributed by atoms with Crippen LogP contribution in [0.3, 0.4) is 0 Å². The summed E-state index contributed by atoms with van der Waals surface area (Å²) in [4.78, 5) is 25.7. The molecule has 4 aromatic rings. The van der Waals surface area contributed by atoms with Gasteiger partial charge in [0.25, 0.3) is 5.91 Å². The fourth-order valence-electron chi connectivity index (χ4n) is 3.99. The molecule has 35 heavy (non-hydrogen) atoms. The van der Waals surface area contributed by atoms with Crippen molar-refractivity contribution in [2.45, 2.75) is 26.9 Å². The molecule has 0 spiro atoms. The van der Waals surface area contributed by atoms with Crippen LogP contribution in [-0.2, 0) is 13.1 Å². The van der Waals surface area contributed by atoms with E-state index in [1.165, 1.54) is 5.56 Å². The van der Waals surface area contributed by atoms with Gasteiger partial charge in [-0.2, -0.15) is 5.10 Å². The van der Waals surface area contributed by atoms with E-state index >= 15 is 0 Å². The van der Waals surface area contributed by atoms with Gasteiger partial charge in [0.15, 0.2) is 0 Å². The molecule has 0 bridgehead atoms. The van der Waals surface area contributed by atoms with Crippen LogP contribution in [0.2, 0.25) is 0 Å². The Hall–Kier alpha value is -4.46. The average Bonchev–Trinajstić information content (AvgIpc) is 3.13. The van der Waals surface area contributed by atoms with Crippen LogP contribution in [-0.4, -0.2) is 27.7 Å². The van der Waals surface area contributed by atoms with Gasteiger partial charge in [0.2, 0.25) is 0 Å². The molecule has 3 aromatic carbocycles. The molecule has 0 fully saturated rings. The Balaban J connectivity index is 1.37. The first-order valence-corrected chi connectivity index (χ1v) is 11.3. The maximum Gasteiger partial charge on any atom is 0.312 e. The fraction of sp³-hybridized carbons (Fsp3) is 0.185. The van der Waals surface area contributed by atoms with Gasteiger partial charge in [-0.15, -0.1) is 0 Å². The Kier molecular flexibility index (Phi) is 6.91. The van der Waals surface area contributed by atoms with E-state index in [4.69, 9.17) is 0 Å². The Morgan fingerprint density at radius 1 is 0.971 bits per heavy atom. The number of hydrogen-bond donors (Lipinski definition) is 1. The number of rotatable bonds is 8. The molecule has 0 radical (unpaired) electrons. The maximum absolute atomic E-state index is 12.7. The number of aromatic nitrogens is 2. The summed E-state index contributed by atoms with van der Waals surface area (Å²) < 4.78 is 1.61. The van der Waals surface area contributed by atoms with Crippen LogP contribution in [0.1, 0.15) is 32.9 Å². The summed E-state index contributed by atoms with van der Waals surface area (Å²) in [6, 6.07) is 25.1. The molecule has 0 aliphatic carbocycles. The lowest BCUT2D eigenvalue weighted by Crippen LogP contribution is -2.16. The number of carbonyl (C=O) groups excluding carboxylic acids is 1. The highest BCUT2D eigenvalue weighted by Gasteiger charge is 2.21. The summed E-state index contributed by atoms with van der Waals surface area (Å²) in [6.45, 7) is 4.50. The van der Waals surface area contributed by atoms with Crippen molar-refractivity contribution in [2.24, 2.45) is 0 Å². The Morgan fingerprint density at radius 3 is 2.23 bits per heavy atom. The van der Waals surface area contributed by atoms with Crippen molar-refractivity contribution < 1.29 is 9.72 Å². The zero-order chi connectivity index (χ0) is 24.9. The summed E-state index contributed by atoms with van der Waals surface area (Å²) in [6.07, 6.45) is 0. The molecule has 1 amide bonds. The predicted molar refractivity (Wildman–Crippen MR) is 137 cm³/mol. The minimum Gasteiger partial charge on any atom is -0.370 e. The first-order chi connectivity index (χ1) is 16.8. The van der Waals surface area contributed by atoms with Crippen molar-refractivity contribution in [1.29, 1.82) is 0 Å². The number of aryl methyl sites for hydroxylation is 1. The second-order valence-corrected chi connectivity index (χ2v) is 8.47. The lowest BCUT2D eigenvalue weighted by molar-refractivity contribution is -0.386. The van der Waals surface area contributed by atoms with E-state index in [1.807, 2.05) is 61.6 Å². The van der Waals surface area contributed by atoms with E-state index in [0.29, 0.717) is 29.2 Å². The van der Waals surface area contributed by atoms with Crippen molar-refractivity contribution in [3.63, 3.8) is 0 Å². The summed E-state index contributed by atoms with van der Waals surface area (Å²) in [5.41, 5.74) is 5.36. The maximum atomic E-state index is 12.7. The molecule has 8 heteroatoms. The number of carbonyl (C=O) groups is 1. The third-order valence-corrected chi connectivity index (χ3v) is 5.90. The monoisotopic (exact) mass is 469 g/mol. The van der Waals surface area contributed by atoms with Gasteiger partial charge in [0.1, 0.15) is 11.4 Å². The summed E-state index contributed by atoms with van der Waals surface area (Å²) in [7, 11) is 2.03. The van der Waals surface area contributed by atoms with Crippen molar-refractivity contribution in [3.05, 3.63) is 117 Å². The highest BCUT2D eigenvalue weighted by Crippen LogP contribution is 2.23. The molecular formula is C27H27N5O3. The molecule has 1 N–H and O–H groups in total. The van der Waals surface area contributed by atoms with E-state index in [2.05, 4.69) is 27.4 Å². The van der Waals surface area contributed by atoms with Gasteiger partial charge >= 0.3 is 5.69 Å². The molecule has 0 saturated carbocycles. The molecule has 4 rings (SSSR count). The van der Waals surface area contributed by atoms with Crippen LogP contribution in [0.4, 0.5) is 17.1 Å². The van der Waals surface area contributed by atoms with E-state index in [0.717, 1.165) is 17.8 Å². The minimum absolute atomic E-state index is 0.0401. The molecular weight excluding hydrogens is 442 g/mol. The van der Waals surface area contributed by atoms with Crippen LogP contribution in [0.15, 0.2) is 78.9 Å². The van der Waals surface area contributed by atoms with Crippen LogP contribution in [0, 0.1) is 24.0 Å². The fourth-order valence-corrected chi connectivity index (χ4v) is 3.99. The highest BCUT2D eigenvalue weighted by molar-refractivity contribution is 6.04. The zero-order valence-electron chi connectivity index (χ0n) is 19.9. The summed E-state index contributed by atoms with van der Waals surface area (Å²) >= 11 is 0. The number of nitrogens with zero attached hydrogens (tertiary/aromatic N) is 4. The number of nitrogens with one attached hydrogen (secondary N) is 1. The number of amides is 1. The Morgan fingerprint density at radius 2 is 1.63 bits per heavy atom. The predicted octanol–water partition coefficient (Wildman–Crippen LogP) is 5.35. The summed E-state index contributed by atoms with van der Waals surface area (Å²) in [5.74, 6) is -0.205. The molecule has 0 unspecified atom stereocenters. The zero-order valence-corrected chi connectivity index (χ0v) is 19.9. The molecule has 0 aliphatic heterocycles. The molecule has 0 aliphatic rings. The molecule has 178 valence electrons. The van der Waals surface area contributed by atoms with Crippen molar-refractivity contribution in [1.82, 2.24) is 9.78 Å². The largest absolute Gasteiger partial charge is 0.370 e. The third-order valence-electron chi connectivity index (χ3n) is 5.90. The van der Waals surface area contributed by atoms with Gasteiger partial charge in [-0.3, -0.25) is 19.6 Å². The van der Waals surface area contributed by atoms with E-state index < -0.39 is 4.92 Å². The van der Waals surface area contributed by atoms with Crippen LogP contribution >= 0.6 is 0 Å². The Bertz CT molecular complexity index is 1330. The van der Waals surface area contributed by atoms with E-state index in [9.17, 15) is 14.9 Å². The van der Waals surface area contributed by atoms with Gasteiger partial charge in [0.05, 0.1) is 11.5 Å². The molecule has 1 heterocycles. The first kappa shape index (κ1) is 23.7. The number of benzene rings is 3. The van der Waals surface area contributed by atoms with Gasteiger partial charge in [-0.1, -0.05) is 42.5 Å². The first-order valence-electron chi connectivity index (χ1n) is 11.3. The average molecular weight is 470 g/mol. The van der Waals surface area contributed by atoms with Gasteiger partial charge in [0, 0.05) is 30.5 Å². The van der Waals surface area contributed by atoms with Gasteiger partial charge in [-0.05, 0) is 61.4 Å². The number of nitro groups is 1. The van der Waals surface area contributed by atoms with Gasteiger partial charge in [-0.25, -0.2) is 0 Å². The van der Waals surface area contributed by atoms with E-state index in [-0.39, 0.29) is 11.6 Å². The molecule has 0 saturated heterocycles. The number of anilines is 2. The topological polar surface area (TPSA) is 93.3 Å². The molecule has 0 atom stereocenters. The number of hydrogen-bond acceptors (Lipinski definition) is 5. The standard InChI is InChI=1S/C27H27N5O3/c1-19-26(32(34)35)20(2)31(29-19)18-22-9-11-23(12-10-22)27(33)28-24-13-15-25(16-14-24)30(3)17-21-7-5-4-6-8-21/h4-16H,17-18H2,1-3H3,(H,28,33). The SMILES string of the molecule is Cc1nn(Cc2ccc(C(=O)Nc3ccc(N(C)Cc4ccccc4)cc3)cc2)c(C)c1[N+](=O)[O-]. The molecule has 1 aromatic heterocycles. The smallest absolute Gasteiger partial charge is 0.312 e. The lowest BCUT2D eigenvalue weighted by Gasteiger charge is -2.20. The second kappa shape index (κ2) is 10.2. The van der Waals surface area contributed by atoms with Crippen molar-refractivity contribution in [3.8, 4) is 0 Å². The van der Waals surface area contributed by atoms with Crippen LogP contribution < -0.4 is 10.2 Å². The van der Waals surface area contributed by atoms with Crippen LogP contribution in [0.25, 0.3) is 0 Å². The highest BCUT2D eigenvalue weighted by atomic mass is 16.6. The van der Waals surface area contributed by atoms with Crippen molar-refractivity contribution in [2.75, 3.05) is 17.3 Å². The van der Waals surface area contributed by atoms with Gasteiger partial charge < -0.3 is 10.2 Å². The quantitative estimate of drug-likeness (QED) is 0.278. The van der Waals surface area contributed by atoms with E-state index in [1.54, 1.807) is 30.7 Å². The van der Waals surface area contributed by atoms with Crippen molar-refractivity contribution >= 4 is 23.0 Å². The second-order valence-electron chi connectivity index (χ2n) is 8.47. The van der Waals surface area contributed by atoms with Crippen LogP contribution in [0.5, 0.6) is 0 Å². The third kappa shape index (κ3) is 5.55. The Labute approximate surface area is 204 Å². The normalized spacial score (nSPS) is 10.7. The summed E-state index contributed by atoms with van der Waals surface area (Å²) in [5, 5.41) is 18.4.